The number of hydrogen-bond acceptors (Lipinski definition) is 6. The monoisotopic (exact) mass is 434 g/mol. The van der Waals surface area contributed by atoms with E-state index in [1.807, 2.05) is 66.0 Å². The molecule has 0 aliphatic carbocycles. The van der Waals surface area contributed by atoms with E-state index in [4.69, 9.17) is 14.2 Å². The Hall–Kier alpha value is -3.58. The minimum Gasteiger partial charge on any atom is -0.497 e. The molecule has 0 aliphatic heterocycles. The number of carbonyl (C=O) groups is 1. The molecule has 0 saturated carbocycles. The molecule has 4 aromatic rings. The molecule has 4 rings (SSSR count). The maximum absolute atomic E-state index is 12.7. The van der Waals surface area contributed by atoms with Crippen LogP contribution in [-0.4, -0.2) is 38.8 Å². The standard InChI is InChI=1S/C24H22N2O4S/c1-26(23(27)14-30-19-9-8-16-6-4-5-7-17(16)12-19)24-25-21(15-31-24)20-13-18(28-2)10-11-22(20)29-3/h4-13,15H,14H2,1-3H3. The molecule has 0 N–H and O–H groups in total. The number of amides is 1. The lowest BCUT2D eigenvalue weighted by Crippen LogP contribution is -2.31. The minimum absolute atomic E-state index is 0.0771. The molecule has 0 aliphatic rings. The quantitative estimate of drug-likeness (QED) is 0.409. The van der Waals surface area contributed by atoms with Gasteiger partial charge < -0.3 is 14.2 Å². The number of likely N-dealkylation sites (N-methyl/N-ethyl adjacent to an activating group) is 1. The number of ether oxygens (including phenoxy) is 3. The van der Waals surface area contributed by atoms with Crippen LogP contribution >= 0.6 is 11.3 Å². The lowest BCUT2D eigenvalue weighted by molar-refractivity contribution is -0.120. The number of carbonyl (C=O) groups excluding carboxylic acids is 1. The Morgan fingerprint density at radius 3 is 2.52 bits per heavy atom. The van der Waals surface area contributed by atoms with Crippen molar-refractivity contribution in [3.63, 3.8) is 0 Å². The summed E-state index contributed by atoms with van der Waals surface area (Å²) in [5.41, 5.74) is 1.52. The van der Waals surface area contributed by atoms with Gasteiger partial charge in [-0.05, 0) is 41.1 Å². The lowest BCUT2D eigenvalue weighted by atomic mass is 10.1. The van der Waals surface area contributed by atoms with Crippen LogP contribution in [0.4, 0.5) is 5.13 Å². The number of fused-ring (bicyclic) bond motifs is 1. The normalized spacial score (nSPS) is 10.7. The van der Waals surface area contributed by atoms with E-state index in [1.165, 1.54) is 16.2 Å². The van der Waals surface area contributed by atoms with Gasteiger partial charge in [0.1, 0.15) is 17.2 Å². The molecule has 0 bridgehead atoms. The van der Waals surface area contributed by atoms with Crippen LogP contribution in [0, 0.1) is 0 Å². The van der Waals surface area contributed by atoms with E-state index in [0.29, 0.717) is 28.1 Å². The molecule has 7 heteroatoms. The van der Waals surface area contributed by atoms with Gasteiger partial charge in [-0.3, -0.25) is 9.69 Å². The van der Waals surface area contributed by atoms with Crippen molar-refractivity contribution in [3.05, 3.63) is 66.0 Å². The number of methoxy groups -OCH3 is 2. The van der Waals surface area contributed by atoms with E-state index >= 15 is 0 Å². The van der Waals surface area contributed by atoms with Crippen LogP contribution in [0.15, 0.2) is 66.0 Å². The average molecular weight is 435 g/mol. The fraction of sp³-hybridized carbons (Fsp3) is 0.167. The summed E-state index contributed by atoms with van der Waals surface area (Å²) in [5.74, 6) is 1.86. The molecular formula is C24H22N2O4S. The molecule has 6 nitrogen and oxygen atoms in total. The summed E-state index contributed by atoms with van der Waals surface area (Å²) in [4.78, 5) is 18.8. The predicted octanol–water partition coefficient (Wildman–Crippen LogP) is 5.02. The number of anilines is 1. The zero-order chi connectivity index (χ0) is 21.8. The SMILES string of the molecule is COc1ccc(OC)c(-c2csc(N(C)C(=O)COc3ccc4ccccc4c3)n2)c1. The van der Waals surface area contributed by atoms with E-state index in [9.17, 15) is 4.79 Å². The largest absolute Gasteiger partial charge is 0.497 e. The highest BCUT2D eigenvalue weighted by atomic mass is 32.1. The molecule has 0 radical (unpaired) electrons. The number of aromatic nitrogens is 1. The number of nitrogens with zero attached hydrogens (tertiary/aromatic N) is 2. The highest BCUT2D eigenvalue weighted by Gasteiger charge is 2.18. The zero-order valence-electron chi connectivity index (χ0n) is 17.5. The maximum atomic E-state index is 12.7. The second-order valence-electron chi connectivity index (χ2n) is 6.83. The van der Waals surface area contributed by atoms with Crippen LogP contribution in [0.1, 0.15) is 0 Å². The highest BCUT2D eigenvalue weighted by Crippen LogP contribution is 2.35. The number of hydrogen-bond donors (Lipinski definition) is 0. The van der Waals surface area contributed by atoms with E-state index in [2.05, 4.69) is 4.98 Å². The molecule has 0 fully saturated rings. The first kappa shape index (κ1) is 20.7. The first-order chi connectivity index (χ1) is 15.1. The molecule has 1 aromatic heterocycles. The summed E-state index contributed by atoms with van der Waals surface area (Å²) in [6.07, 6.45) is 0. The molecule has 1 heterocycles. The summed E-state index contributed by atoms with van der Waals surface area (Å²) in [6.45, 7) is -0.0771. The van der Waals surface area contributed by atoms with Crippen LogP contribution in [-0.2, 0) is 4.79 Å². The van der Waals surface area contributed by atoms with Crippen molar-refractivity contribution in [2.24, 2.45) is 0 Å². The Balaban J connectivity index is 1.46. The van der Waals surface area contributed by atoms with Crippen molar-refractivity contribution in [2.75, 3.05) is 32.8 Å². The van der Waals surface area contributed by atoms with Gasteiger partial charge in [0, 0.05) is 18.0 Å². The summed E-state index contributed by atoms with van der Waals surface area (Å²) in [5, 5.41) is 4.66. The van der Waals surface area contributed by atoms with Gasteiger partial charge in [-0.2, -0.15) is 0 Å². The second kappa shape index (κ2) is 9.06. The topological polar surface area (TPSA) is 60.9 Å². The summed E-state index contributed by atoms with van der Waals surface area (Å²) in [7, 11) is 4.91. The van der Waals surface area contributed by atoms with Crippen molar-refractivity contribution in [3.8, 4) is 28.5 Å². The van der Waals surface area contributed by atoms with Crippen LogP contribution in [0.25, 0.3) is 22.0 Å². The Labute approximate surface area is 184 Å². The molecule has 31 heavy (non-hydrogen) atoms. The van der Waals surface area contributed by atoms with Gasteiger partial charge in [0.05, 0.1) is 19.9 Å². The Kier molecular flexibility index (Phi) is 6.04. The average Bonchev–Trinajstić information content (AvgIpc) is 3.31. The molecule has 0 atom stereocenters. The Morgan fingerprint density at radius 2 is 1.74 bits per heavy atom. The molecule has 3 aromatic carbocycles. The van der Waals surface area contributed by atoms with Crippen molar-refractivity contribution in [2.45, 2.75) is 0 Å². The van der Waals surface area contributed by atoms with Crippen molar-refractivity contribution in [1.82, 2.24) is 4.98 Å². The third kappa shape index (κ3) is 4.46. The van der Waals surface area contributed by atoms with Gasteiger partial charge in [0.25, 0.3) is 5.91 Å². The van der Waals surface area contributed by atoms with E-state index in [-0.39, 0.29) is 12.5 Å². The van der Waals surface area contributed by atoms with E-state index < -0.39 is 0 Å². The molecule has 0 saturated heterocycles. The molecule has 0 unspecified atom stereocenters. The van der Waals surface area contributed by atoms with Crippen molar-refractivity contribution in [1.29, 1.82) is 0 Å². The number of thiazole rings is 1. The Morgan fingerprint density at radius 1 is 0.968 bits per heavy atom. The minimum atomic E-state index is -0.188. The number of benzene rings is 3. The van der Waals surface area contributed by atoms with Crippen LogP contribution in [0.5, 0.6) is 17.2 Å². The fourth-order valence-electron chi connectivity index (χ4n) is 3.16. The fourth-order valence-corrected chi connectivity index (χ4v) is 3.97. The molecule has 1 amide bonds. The lowest BCUT2D eigenvalue weighted by Gasteiger charge is -2.14. The van der Waals surface area contributed by atoms with Crippen molar-refractivity contribution >= 4 is 33.1 Å². The highest BCUT2D eigenvalue weighted by molar-refractivity contribution is 7.14. The van der Waals surface area contributed by atoms with Crippen LogP contribution in [0.3, 0.4) is 0 Å². The zero-order valence-corrected chi connectivity index (χ0v) is 18.3. The third-order valence-electron chi connectivity index (χ3n) is 4.92. The Bertz CT molecular complexity index is 1220. The van der Waals surface area contributed by atoms with Crippen LogP contribution < -0.4 is 19.1 Å². The summed E-state index contributed by atoms with van der Waals surface area (Å²) in [6, 6.07) is 19.3. The maximum Gasteiger partial charge on any atom is 0.266 e. The van der Waals surface area contributed by atoms with E-state index in [1.54, 1.807) is 21.3 Å². The smallest absolute Gasteiger partial charge is 0.266 e. The second-order valence-corrected chi connectivity index (χ2v) is 7.67. The summed E-state index contributed by atoms with van der Waals surface area (Å²) < 4.78 is 16.5. The van der Waals surface area contributed by atoms with Gasteiger partial charge in [-0.25, -0.2) is 4.98 Å². The first-order valence-electron chi connectivity index (χ1n) is 9.65. The van der Waals surface area contributed by atoms with Gasteiger partial charge >= 0.3 is 0 Å². The van der Waals surface area contributed by atoms with Gasteiger partial charge in [0.2, 0.25) is 0 Å². The third-order valence-corrected chi connectivity index (χ3v) is 5.84. The molecule has 158 valence electrons. The number of rotatable bonds is 7. The predicted molar refractivity (Wildman–Crippen MR) is 124 cm³/mol. The van der Waals surface area contributed by atoms with E-state index in [0.717, 1.165) is 16.3 Å². The first-order valence-corrected chi connectivity index (χ1v) is 10.5. The van der Waals surface area contributed by atoms with Gasteiger partial charge in [0.15, 0.2) is 11.7 Å². The van der Waals surface area contributed by atoms with Crippen LogP contribution in [0.2, 0.25) is 0 Å². The molecular weight excluding hydrogens is 412 g/mol. The van der Waals surface area contributed by atoms with Gasteiger partial charge in [-0.15, -0.1) is 11.3 Å². The van der Waals surface area contributed by atoms with Crippen molar-refractivity contribution < 1.29 is 19.0 Å². The van der Waals surface area contributed by atoms with Gasteiger partial charge in [-0.1, -0.05) is 30.3 Å². The molecule has 0 spiro atoms. The summed E-state index contributed by atoms with van der Waals surface area (Å²) >= 11 is 1.38.